The fraction of sp³-hybridized carbons (Fsp3) is 0.263. The number of hydrogen-bond acceptors (Lipinski definition) is 6. The highest BCUT2D eigenvalue weighted by Gasteiger charge is 2.29. The van der Waals surface area contributed by atoms with E-state index in [2.05, 4.69) is 5.10 Å². The second-order valence-electron chi connectivity index (χ2n) is 6.72. The monoisotopic (exact) mass is 417 g/mol. The van der Waals surface area contributed by atoms with Crippen molar-refractivity contribution >= 4 is 39.7 Å². The Balaban J connectivity index is 1.95. The SMILES string of the molecule is Cc1ccc(C2=NN(C(=S)Cl)C(C)Cc3cc4c(cc32)OCO4)cc1[N+](=O)[O-]. The van der Waals surface area contributed by atoms with Gasteiger partial charge in [-0.25, -0.2) is 5.01 Å². The summed E-state index contributed by atoms with van der Waals surface area (Å²) in [5, 5.41) is 17.7. The second kappa shape index (κ2) is 7.03. The molecule has 2 aromatic carbocycles. The largest absolute Gasteiger partial charge is 0.454 e. The van der Waals surface area contributed by atoms with Crippen molar-refractivity contribution < 1.29 is 14.4 Å². The maximum absolute atomic E-state index is 11.4. The minimum atomic E-state index is -0.400. The molecule has 28 heavy (non-hydrogen) atoms. The number of hydrogen-bond donors (Lipinski definition) is 0. The van der Waals surface area contributed by atoms with Gasteiger partial charge in [0.2, 0.25) is 6.79 Å². The van der Waals surface area contributed by atoms with Gasteiger partial charge in [0, 0.05) is 22.8 Å². The minimum Gasteiger partial charge on any atom is -0.454 e. The third-order valence-electron chi connectivity index (χ3n) is 4.85. The first-order valence-electron chi connectivity index (χ1n) is 8.60. The predicted molar refractivity (Wildman–Crippen MR) is 109 cm³/mol. The molecule has 0 bridgehead atoms. The number of benzene rings is 2. The van der Waals surface area contributed by atoms with E-state index in [4.69, 9.17) is 33.3 Å². The Hall–Kier alpha value is -2.71. The maximum atomic E-state index is 11.4. The number of hydrazone groups is 1. The Kier molecular flexibility index (Phi) is 4.68. The van der Waals surface area contributed by atoms with Gasteiger partial charge >= 0.3 is 0 Å². The Bertz CT molecular complexity index is 1040. The Morgan fingerprint density at radius 1 is 1.32 bits per heavy atom. The molecule has 0 N–H and O–H groups in total. The van der Waals surface area contributed by atoms with Crippen molar-refractivity contribution in [2.75, 3.05) is 6.79 Å². The molecule has 2 heterocycles. The molecule has 2 aromatic rings. The van der Waals surface area contributed by atoms with Crippen LogP contribution in [-0.4, -0.2) is 32.9 Å². The van der Waals surface area contributed by atoms with E-state index in [1.54, 1.807) is 24.1 Å². The second-order valence-corrected chi connectivity index (χ2v) is 7.69. The van der Waals surface area contributed by atoms with Gasteiger partial charge in [-0.05, 0) is 50.2 Å². The topological polar surface area (TPSA) is 77.2 Å². The standard InChI is InChI=1S/C19H16ClN3O4S/c1-10-3-4-12(6-15(10)23(24)25)18-14-8-17-16(26-9-27-17)7-13(14)5-11(2)22(21-18)19(20)28/h3-4,6-8,11H,5,9H2,1-2H3. The summed E-state index contributed by atoms with van der Waals surface area (Å²) in [5.41, 5.74) is 3.54. The van der Waals surface area contributed by atoms with Crippen LogP contribution in [0.3, 0.4) is 0 Å². The van der Waals surface area contributed by atoms with Crippen LogP contribution in [-0.2, 0) is 6.42 Å². The molecule has 2 aliphatic heterocycles. The van der Waals surface area contributed by atoms with Gasteiger partial charge in [-0.2, -0.15) is 5.10 Å². The summed E-state index contributed by atoms with van der Waals surface area (Å²) in [5.74, 6) is 1.28. The minimum absolute atomic E-state index is 0.0276. The van der Waals surface area contributed by atoms with Crippen molar-refractivity contribution in [1.82, 2.24) is 5.01 Å². The van der Waals surface area contributed by atoms with Gasteiger partial charge in [0.25, 0.3) is 5.69 Å². The average Bonchev–Trinajstić information content (AvgIpc) is 3.03. The highest BCUT2D eigenvalue weighted by Crippen LogP contribution is 2.38. The molecule has 1 atom stereocenters. The lowest BCUT2D eigenvalue weighted by Crippen LogP contribution is -2.31. The van der Waals surface area contributed by atoms with E-state index in [1.807, 2.05) is 19.1 Å². The fourth-order valence-electron chi connectivity index (χ4n) is 3.42. The van der Waals surface area contributed by atoms with Crippen LogP contribution < -0.4 is 9.47 Å². The molecule has 9 heteroatoms. The zero-order chi connectivity index (χ0) is 20.0. The average molecular weight is 418 g/mol. The van der Waals surface area contributed by atoms with Gasteiger partial charge < -0.3 is 9.47 Å². The Labute approximate surface area is 171 Å². The molecule has 4 rings (SSSR count). The number of ether oxygens (including phenoxy) is 2. The van der Waals surface area contributed by atoms with Crippen LogP contribution in [0.15, 0.2) is 35.4 Å². The summed E-state index contributed by atoms with van der Waals surface area (Å²) in [6.45, 7) is 3.83. The molecule has 0 saturated carbocycles. The number of thiocarbonyl (C=S) groups is 1. The van der Waals surface area contributed by atoms with Crippen molar-refractivity contribution in [3.63, 3.8) is 0 Å². The van der Waals surface area contributed by atoms with Gasteiger partial charge in [-0.15, -0.1) is 0 Å². The first kappa shape index (κ1) is 18.6. The third kappa shape index (κ3) is 3.18. The van der Waals surface area contributed by atoms with E-state index in [9.17, 15) is 10.1 Å². The van der Waals surface area contributed by atoms with Crippen LogP contribution >= 0.6 is 23.8 Å². The number of nitro benzene ring substituents is 1. The number of halogens is 1. The van der Waals surface area contributed by atoms with Crippen LogP contribution in [0.5, 0.6) is 11.5 Å². The normalized spacial score (nSPS) is 17.6. The molecule has 0 spiro atoms. The first-order chi connectivity index (χ1) is 13.3. The molecule has 0 aliphatic carbocycles. The maximum Gasteiger partial charge on any atom is 0.272 e. The van der Waals surface area contributed by atoms with Crippen LogP contribution in [0, 0.1) is 17.0 Å². The number of rotatable bonds is 2. The highest BCUT2D eigenvalue weighted by molar-refractivity contribution is 7.83. The van der Waals surface area contributed by atoms with Crippen molar-refractivity contribution in [1.29, 1.82) is 0 Å². The van der Waals surface area contributed by atoms with E-state index in [0.717, 1.165) is 11.1 Å². The van der Waals surface area contributed by atoms with Crippen molar-refractivity contribution in [2.45, 2.75) is 26.3 Å². The number of aryl methyl sites for hydroxylation is 1. The van der Waals surface area contributed by atoms with Gasteiger partial charge in [-0.1, -0.05) is 23.7 Å². The zero-order valence-corrected chi connectivity index (χ0v) is 16.7. The van der Waals surface area contributed by atoms with E-state index in [-0.39, 0.29) is 23.0 Å². The molecule has 144 valence electrons. The summed E-state index contributed by atoms with van der Waals surface area (Å²) in [4.78, 5) is 11.0. The van der Waals surface area contributed by atoms with Crippen LogP contribution in [0.1, 0.15) is 29.2 Å². The summed E-state index contributed by atoms with van der Waals surface area (Å²) >= 11 is 11.3. The van der Waals surface area contributed by atoms with E-state index >= 15 is 0 Å². The zero-order valence-electron chi connectivity index (χ0n) is 15.1. The van der Waals surface area contributed by atoms with Gasteiger partial charge in [0.05, 0.1) is 16.7 Å². The molecule has 0 amide bonds. The van der Waals surface area contributed by atoms with Crippen LogP contribution in [0.2, 0.25) is 0 Å². The lowest BCUT2D eigenvalue weighted by Gasteiger charge is -2.22. The Morgan fingerprint density at radius 3 is 2.71 bits per heavy atom. The summed E-state index contributed by atoms with van der Waals surface area (Å²) in [6, 6.07) is 8.72. The summed E-state index contributed by atoms with van der Waals surface area (Å²) in [7, 11) is 0. The van der Waals surface area contributed by atoms with Crippen molar-refractivity contribution in [2.24, 2.45) is 5.10 Å². The molecule has 7 nitrogen and oxygen atoms in total. The number of nitro groups is 1. The van der Waals surface area contributed by atoms with Gasteiger partial charge in [0.15, 0.2) is 15.9 Å². The van der Waals surface area contributed by atoms with Crippen LogP contribution in [0.25, 0.3) is 0 Å². The number of nitrogens with zero attached hydrogens (tertiary/aromatic N) is 3. The lowest BCUT2D eigenvalue weighted by molar-refractivity contribution is -0.385. The Morgan fingerprint density at radius 2 is 2.04 bits per heavy atom. The molecule has 2 aliphatic rings. The molecule has 1 unspecified atom stereocenters. The smallest absolute Gasteiger partial charge is 0.272 e. The molecule has 0 saturated heterocycles. The van der Waals surface area contributed by atoms with E-state index in [1.165, 1.54) is 6.07 Å². The molecule has 0 fully saturated rings. The first-order valence-corrected chi connectivity index (χ1v) is 9.39. The molecule has 0 aromatic heterocycles. The molecular weight excluding hydrogens is 402 g/mol. The molecular formula is C19H16ClN3O4S. The fourth-order valence-corrected chi connectivity index (χ4v) is 3.84. The van der Waals surface area contributed by atoms with E-state index < -0.39 is 4.92 Å². The highest BCUT2D eigenvalue weighted by atomic mass is 35.5. The summed E-state index contributed by atoms with van der Waals surface area (Å²) < 4.78 is 11.1. The van der Waals surface area contributed by atoms with Crippen molar-refractivity contribution in [3.05, 3.63) is 62.7 Å². The van der Waals surface area contributed by atoms with Crippen LogP contribution in [0.4, 0.5) is 5.69 Å². The number of fused-ring (bicyclic) bond motifs is 2. The lowest BCUT2D eigenvalue weighted by atomic mass is 9.93. The predicted octanol–water partition coefficient (Wildman–Crippen LogP) is 4.15. The quantitative estimate of drug-likeness (QED) is 0.240. The van der Waals surface area contributed by atoms with Gasteiger partial charge in [-0.3, -0.25) is 10.1 Å². The van der Waals surface area contributed by atoms with Crippen molar-refractivity contribution in [3.8, 4) is 11.5 Å². The van der Waals surface area contributed by atoms with E-state index in [0.29, 0.717) is 34.8 Å². The van der Waals surface area contributed by atoms with Gasteiger partial charge in [0.1, 0.15) is 0 Å². The third-order valence-corrected chi connectivity index (χ3v) is 5.21. The summed E-state index contributed by atoms with van der Waals surface area (Å²) in [6.07, 6.45) is 0.625. The molecule has 0 radical (unpaired) electrons.